The number of hydrogen-bond donors (Lipinski definition) is 1. The number of sulfonamides is 1. The van der Waals surface area contributed by atoms with E-state index in [1.807, 2.05) is 40.0 Å². The van der Waals surface area contributed by atoms with Gasteiger partial charge in [-0.25, -0.2) is 8.42 Å². The second-order valence-electron chi connectivity index (χ2n) is 5.14. The van der Waals surface area contributed by atoms with Gasteiger partial charge in [0.25, 0.3) is 0 Å². The van der Waals surface area contributed by atoms with Crippen LogP contribution < -0.4 is 5.32 Å². The highest BCUT2D eigenvalue weighted by atomic mass is 32.2. The van der Waals surface area contributed by atoms with E-state index in [2.05, 4.69) is 5.32 Å². The molecule has 0 fully saturated rings. The minimum absolute atomic E-state index is 0.0346. The molecular weight excluding hydrogens is 260 g/mol. The van der Waals surface area contributed by atoms with Gasteiger partial charge in [-0.1, -0.05) is 32.0 Å². The maximum atomic E-state index is 12.7. The summed E-state index contributed by atoms with van der Waals surface area (Å²) in [7, 11) is 0.0156. The minimum Gasteiger partial charge on any atom is -0.316 e. The van der Waals surface area contributed by atoms with Crippen molar-refractivity contribution >= 4 is 10.0 Å². The molecule has 0 aliphatic heterocycles. The van der Waals surface area contributed by atoms with Crippen LogP contribution in [-0.4, -0.2) is 32.9 Å². The topological polar surface area (TPSA) is 49.4 Å². The van der Waals surface area contributed by atoms with E-state index in [0.717, 1.165) is 5.56 Å². The Morgan fingerprint density at radius 3 is 2.32 bits per heavy atom. The van der Waals surface area contributed by atoms with Gasteiger partial charge in [-0.3, -0.25) is 0 Å². The van der Waals surface area contributed by atoms with E-state index < -0.39 is 10.0 Å². The molecule has 1 unspecified atom stereocenters. The van der Waals surface area contributed by atoms with Crippen LogP contribution in [0.2, 0.25) is 0 Å². The maximum Gasteiger partial charge on any atom is 0.243 e. The SMILES string of the molecule is CNCc1ccccc1S(=O)(=O)N(C)C(C)C(C)C. The van der Waals surface area contributed by atoms with Crippen LogP contribution in [0.1, 0.15) is 26.3 Å². The van der Waals surface area contributed by atoms with Gasteiger partial charge in [-0.15, -0.1) is 0 Å². The molecule has 0 aliphatic carbocycles. The van der Waals surface area contributed by atoms with E-state index in [1.165, 1.54) is 4.31 Å². The molecule has 0 bridgehead atoms. The molecule has 1 rings (SSSR count). The van der Waals surface area contributed by atoms with E-state index in [-0.39, 0.29) is 12.0 Å². The molecule has 4 nitrogen and oxygen atoms in total. The molecule has 0 amide bonds. The average molecular weight is 284 g/mol. The Kier molecular flexibility index (Phi) is 5.52. The molecule has 0 aliphatic rings. The Morgan fingerprint density at radius 1 is 1.21 bits per heavy atom. The largest absolute Gasteiger partial charge is 0.316 e. The Morgan fingerprint density at radius 2 is 1.79 bits per heavy atom. The Bertz CT molecular complexity index is 512. The van der Waals surface area contributed by atoms with Crippen molar-refractivity contribution in [2.75, 3.05) is 14.1 Å². The molecule has 1 aromatic rings. The first kappa shape index (κ1) is 16.1. The number of nitrogens with one attached hydrogen (secondary N) is 1. The van der Waals surface area contributed by atoms with Crippen molar-refractivity contribution in [3.63, 3.8) is 0 Å². The van der Waals surface area contributed by atoms with Crippen molar-refractivity contribution in [1.29, 1.82) is 0 Å². The average Bonchev–Trinajstić information content (AvgIpc) is 2.37. The van der Waals surface area contributed by atoms with Crippen molar-refractivity contribution in [2.24, 2.45) is 5.92 Å². The lowest BCUT2D eigenvalue weighted by molar-refractivity contribution is 0.315. The summed E-state index contributed by atoms with van der Waals surface area (Å²) in [5.74, 6) is 0.274. The molecule has 0 saturated carbocycles. The van der Waals surface area contributed by atoms with Gasteiger partial charge in [-0.05, 0) is 31.5 Å². The Labute approximate surface area is 116 Å². The van der Waals surface area contributed by atoms with Gasteiger partial charge >= 0.3 is 0 Å². The predicted molar refractivity (Wildman–Crippen MR) is 78.5 cm³/mol. The lowest BCUT2D eigenvalue weighted by Gasteiger charge is -2.28. The molecule has 0 radical (unpaired) electrons. The maximum absolute atomic E-state index is 12.7. The summed E-state index contributed by atoms with van der Waals surface area (Å²) in [4.78, 5) is 0.388. The molecule has 0 aromatic heterocycles. The van der Waals surface area contributed by atoms with Crippen LogP contribution in [0.3, 0.4) is 0 Å². The number of hydrogen-bond acceptors (Lipinski definition) is 3. The van der Waals surface area contributed by atoms with Crippen LogP contribution >= 0.6 is 0 Å². The summed E-state index contributed by atoms with van der Waals surface area (Å²) in [6.45, 7) is 6.52. The van der Waals surface area contributed by atoms with E-state index in [1.54, 1.807) is 19.2 Å². The first-order valence-electron chi connectivity index (χ1n) is 6.53. The zero-order valence-electron chi connectivity index (χ0n) is 12.3. The third-order valence-corrected chi connectivity index (χ3v) is 5.58. The third-order valence-electron chi connectivity index (χ3n) is 3.54. The third kappa shape index (κ3) is 3.55. The molecule has 1 N–H and O–H groups in total. The smallest absolute Gasteiger partial charge is 0.243 e. The van der Waals surface area contributed by atoms with Crippen LogP contribution in [-0.2, 0) is 16.6 Å². The van der Waals surface area contributed by atoms with Crippen molar-refractivity contribution < 1.29 is 8.42 Å². The standard InChI is InChI=1S/C14H24N2O2S/c1-11(2)12(3)16(5)19(17,18)14-9-7-6-8-13(14)10-15-4/h6-9,11-12,15H,10H2,1-5H3. The van der Waals surface area contributed by atoms with E-state index in [4.69, 9.17) is 0 Å². The number of nitrogens with zero attached hydrogens (tertiary/aromatic N) is 1. The highest BCUT2D eigenvalue weighted by Crippen LogP contribution is 2.23. The summed E-state index contributed by atoms with van der Waals surface area (Å²) in [6.07, 6.45) is 0. The summed E-state index contributed by atoms with van der Waals surface area (Å²) in [5.41, 5.74) is 0.799. The molecule has 19 heavy (non-hydrogen) atoms. The highest BCUT2D eigenvalue weighted by Gasteiger charge is 2.28. The van der Waals surface area contributed by atoms with Crippen LogP contribution in [0.25, 0.3) is 0 Å². The van der Waals surface area contributed by atoms with Crippen molar-refractivity contribution in [2.45, 2.75) is 38.3 Å². The van der Waals surface area contributed by atoms with Gasteiger partial charge in [0.15, 0.2) is 0 Å². The van der Waals surface area contributed by atoms with Gasteiger partial charge < -0.3 is 5.32 Å². The number of benzene rings is 1. The van der Waals surface area contributed by atoms with Gasteiger partial charge in [-0.2, -0.15) is 4.31 Å². The van der Waals surface area contributed by atoms with Crippen molar-refractivity contribution in [3.8, 4) is 0 Å². The fourth-order valence-corrected chi connectivity index (χ4v) is 3.60. The van der Waals surface area contributed by atoms with Crippen LogP contribution in [0.5, 0.6) is 0 Å². The normalized spacial score (nSPS) is 14.1. The monoisotopic (exact) mass is 284 g/mol. The van der Waals surface area contributed by atoms with Crippen LogP contribution in [0.15, 0.2) is 29.2 Å². The summed E-state index contributed by atoms with van der Waals surface area (Å²) in [5, 5.41) is 3.00. The van der Waals surface area contributed by atoms with Crippen LogP contribution in [0.4, 0.5) is 0 Å². The molecular formula is C14H24N2O2S. The first-order valence-corrected chi connectivity index (χ1v) is 7.97. The van der Waals surface area contributed by atoms with E-state index in [9.17, 15) is 8.42 Å². The quantitative estimate of drug-likeness (QED) is 0.870. The van der Waals surface area contributed by atoms with E-state index >= 15 is 0 Å². The molecule has 1 atom stereocenters. The summed E-state index contributed by atoms with van der Waals surface area (Å²) >= 11 is 0. The van der Waals surface area contributed by atoms with Gasteiger partial charge in [0.05, 0.1) is 4.90 Å². The molecule has 0 heterocycles. The van der Waals surface area contributed by atoms with Gasteiger partial charge in [0.1, 0.15) is 0 Å². The molecule has 0 spiro atoms. The lowest BCUT2D eigenvalue weighted by atomic mass is 10.1. The molecule has 108 valence electrons. The minimum atomic E-state index is -3.44. The van der Waals surface area contributed by atoms with Gasteiger partial charge in [0.2, 0.25) is 10.0 Å². The first-order chi connectivity index (χ1) is 8.82. The second kappa shape index (κ2) is 6.50. The highest BCUT2D eigenvalue weighted by molar-refractivity contribution is 7.89. The summed E-state index contributed by atoms with van der Waals surface area (Å²) in [6, 6.07) is 7.10. The van der Waals surface area contributed by atoms with Crippen molar-refractivity contribution in [3.05, 3.63) is 29.8 Å². The fraction of sp³-hybridized carbons (Fsp3) is 0.571. The molecule has 5 heteroatoms. The predicted octanol–water partition coefficient (Wildman–Crippen LogP) is 2.07. The van der Waals surface area contributed by atoms with Gasteiger partial charge in [0, 0.05) is 19.6 Å². The fourth-order valence-electron chi connectivity index (χ4n) is 1.89. The molecule has 0 saturated heterocycles. The lowest BCUT2D eigenvalue weighted by Crippen LogP contribution is -2.38. The Balaban J connectivity index is 3.20. The van der Waals surface area contributed by atoms with Crippen LogP contribution in [0, 0.1) is 5.92 Å². The Hall–Kier alpha value is -0.910. The zero-order valence-corrected chi connectivity index (χ0v) is 13.2. The number of rotatable bonds is 6. The molecule has 1 aromatic carbocycles. The van der Waals surface area contributed by atoms with Crippen molar-refractivity contribution in [1.82, 2.24) is 9.62 Å². The zero-order chi connectivity index (χ0) is 14.6. The summed E-state index contributed by atoms with van der Waals surface area (Å²) < 4.78 is 26.8. The second-order valence-corrected chi connectivity index (χ2v) is 7.11. The van der Waals surface area contributed by atoms with E-state index in [0.29, 0.717) is 11.4 Å².